The Hall–Kier alpha value is -4.17. The number of benzene rings is 5. The Balaban J connectivity index is 1.68. The molecule has 0 amide bonds. The standard InChI is InChI=1S/C33H28N2/c1-33(2,3)27-16-9-15-26(21-27)32-34-29-20-19-25(23-11-5-4-6-12-23)22-31(29)35(32)30-18-10-14-24-13-7-8-17-28(24)30/h4-22H,1-3H3. The molecule has 0 fully saturated rings. The fraction of sp³-hybridized carbons (Fsp3) is 0.121. The lowest BCUT2D eigenvalue weighted by Gasteiger charge is -2.20. The van der Waals surface area contributed by atoms with Crippen LogP contribution in [0.25, 0.3) is 50.0 Å². The molecule has 35 heavy (non-hydrogen) atoms. The van der Waals surface area contributed by atoms with E-state index in [0.29, 0.717) is 0 Å². The second-order valence-corrected chi connectivity index (χ2v) is 10.2. The summed E-state index contributed by atoms with van der Waals surface area (Å²) >= 11 is 0. The van der Waals surface area contributed by atoms with Gasteiger partial charge in [0.25, 0.3) is 0 Å². The number of rotatable bonds is 3. The van der Waals surface area contributed by atoms with Gasteiger partial charge in [0, 0.05) is 10.9 Å². The average Bonchev–Trinajstić information content (AvgIpc) is 3.27. The van der Waals surface area contributed by atoms with Crippen molar-refractivity contribution in [3.63, 3.8) is 0 Å². The minimum Gasteiger partial charge on any atom is -0.292 e. The summed E-state index contributed by atoms with van der Waals surface area (Å²) in [4.78, 5) is 5.19. The summed E-state index contributed by atoms with van der Waals surface area (Å²) in [6, 6.07) is 41.1. The van der Waals surface area contributed by atoms with Gasteiger partial charge in [-0.3, -0.25) is 4.57 Å². The van der Waals surface area contributed by atoms with Gasteiger partial charge in [0.2, 0.25) is 0 Å². The Morgan fingerprint density at radius 3 is 2.14 bits per heavy atom. The molecule has 1 heterocycles. The van der Waals surface area contributed by atoms with Gasteiger partial charge in [0.05, 0.1) is 16.7 Å². The molecule has 0 N–H and O–H groups in total. The van der Waals surface area contributed by atoms with Crippen LogP contribution in [-0.4, -0.2) is 9.55 Å². The number of hydrogen-bond acceptors (Lipinski definition) is 1. The van der Waals surface area contributed by atoms with E-state index in [2.05, 4.69) is 141 Å². The van der Waals surface area contributed by atoms with E-state index < -0.39 is 0 Å². The molecule has 2 heteroatoms. The summed E-state index contributed by atoms with van der Waals surface area (Å²) in [5.41, 5.74) is 8.14. The lowest BCUT2D eigenvalue weighted by atomic mass is 9.86. The third-order valence-corrected chi connectivity index (χ3v) is 6.76. The summed E-state index contributed by atoms with van der Waals surface area (Å²) in [5.74, 6) is 0.965. The number of fused-ring (bicyclic) bond motifs is 2. The van der Waals surface area contributed by atoms with Gasteiger partial charge in [-0.25, -0.2) is 4.98 Å². The quantitative estimate of drug-likeness (QED) is 0.262. The van der Waals surface area contributed by atoms with Crippen LogP contribution < -0.4 is 0 Å². The fourth-order valence-electron chi connectivity index (χ4n) is 4.85. The highest BCUT2D eigenvalue weighted by Crippen LogP contribution is 2.35. The van der Waals surface area contributed by atoms with E-state index in [1.165, 1.54) is 27.5 Å². The number of hydrogen-bond donors (Lipinski definition) is 0. The molecule has 1 aromatic heterocycles. The third kappa shape index (κ3) is 3.81. The van der Waals surface area contributed by atoms with Crippen LogP contribution in [0.3, 0.4) is 0 Å². The molecule has 0 spiro atoms. The SMILES string of the molecule is CC(C)(C)c1cccc(-c2nc3ccc(-c4ccccc4)cc3n2-c2cccc3ccccc23)c1. The molecule has 0 aliphatic carbocycles. The minimum absolute atomic E-state index is 0.0623. The lowest BCUT2D eigenvalue weighted by Crippen LogP contribution is -2.11. The summed E-state index contributed by atoms with van der Waals surface area (Å²) in [7, 11) is 0. The molecule has 0 radical (unpaired) electrons. The van der Waals surface area contributed by atoms with Crippen LogP contribution in [0.15, 0.2) is 115 Å². The van der Waals surface area contributed by atoms with E-state index in [-0.39, 0.29) is 5.41 Å². The Morgan fingerprint density at radius 2 is 1.31 bits per heavy atom. The van der Waals surface area contributed by atoms with E-state index in [9.17, 15) is 0 Å². The van der Waals surface area contributed by atoms with Crippen LogP contribution >= 0.6 is 0 Å². The van der Waals surface area contributed by atoms with Gasteiger partial charge in [-0.05, 0) is 51.8 Å². The number of imidazole rings is 1. The largest absolute Gasteiger partial charge is 0.292 e. The molecule has 0 aliphatic rings. The van der Waals surface area contributed by atoms with Crippen LogP contribution in [0.2, 0.25) is 0 Å². The van der Waals surface area contributed by atoms with E-state index in [4.69, 9.17) is 4.98 Å². The van der Waals surface area contributed by atoms with Crippen molar-refractivity contribution in [1.29, 1.82) is 0 Å². The molecule has 2 nitrogen and oxygen atoms in total. The van der Waals surface area contributed by atoms with Gasteiger partial charge in [0.15, 0.2) is 0 Å². The Labute approximate surface area is 206 Å². The highest BCUT2D eigenvalue weighted by molar-refractivity contribution is 5.95. The molecule has 6 rings (SSSR count). The van der Waals surface area contributed by atoms with E-state index in [1.807, 2.05) is 0 Å². The first kappa shape index (κ1) is 21.4. The predicted octanol–water partition coefficient (Wildman–Crippen LogP) is 8.81. The van der Waals surface area contributed by atoms with Crippen molar-refractivity contribution in [2.24, 2.45) is 0 Å². The number of nitrogens with zero attached hydrogens (tertiary/aromatic N) is 2. The van der Waals surface area contributed by atoms with E-state index in [1.54, 1.807) is 0 Å². The molecule has 0 unspecified atom stereocenters. The maximum Gasteiger partial charge on any atom is 0.145 e. The normalized spacial score (nSPS) is 11.9. The summed E-state index contributed by atoms with van der Waals surface area (Å²) in [5, 5.41) is 2.44. The molecule has 170 valence electrons. The van der Waals surface area contributed by atoms with Crippen molar-refractivity contribution in [3.05, 3.63) is 121 Å². The monoisotopic (exact) mass is 452 g/mol. The van der Waals surface area contributed by atoms with Gasteiger partial charge in [0.1, 0.15) is 5.82 Å². The Bertz CT molecular complexity index is 1660. The van der Waals surface area contributed by atoms with Crippen molar-refractivity contribution in [2.45, 2.75) is 26.2 Å². The second-order valence-electron chi connectivity index (χ2n) is 10.2. The smallest absolute Gasteiger partial charge is 0.145 e. The minimum atomic E-state index is 0.0623. The first-order chi connectivity index (χ1) is 17.0. The van der Waals surface area contributed by atoms with Gasteiger partial charge < -0.3 is 0 Å². The molecule has 0 saturated heterocycles. The van der Waals surface area contributed by atoms with E-state index in [0.717, 1.165) is 28.1 Å². The zero-order valence-corrected chi connectivity index (χ0v) is 20.4. The maximum atomic E-state index is 5.19. The molecule has 0 aliphatic heterocycles. The Morgan fingerprint density at radius 1 is 0.600 bits per heavy atom. The second kappa shape index (κ2) is 8.25. The molecule has 0 atom stereocenters. The van der Waals surface area contributed by atoms with Crippen molar-refractivity contribution in [2.75, 3.05) is 0 Å². The first-order valence-electron chi connectivity index (χ1n) is 12.2. The fourth-order valence-corrected chi connectivity index (χ4v) is 4.85. The highest BCUT2D eigenvalue weighted by Gasteiger charge is 2.19. The zero-order chi connectivity index (χ0) is 24.0. The third-order valence-electron chi connectivity index (χ3n) is 6.76. The predicted molar refractivity (Wildman–Crippen MR) is 148 cm³/mol. The highest BCUT2D eigenvalue weighted by atomic mass is 15.1. The Kier molecular flexibility index (Phi) is 5.04. The van der Waals surface area contributed by atoms with Crippen molar-refractivity contribution >= 4 is 21.8 Å². The van der Waals surface area contributed by atoms with Crippen LogP contribution in [0.1, 0.15) is 26.3 Å². The molecule has 0 bridgehead atoms. The summed E-state index contributed by atoms with van der Waals surface area (Å²) < 4.78 is 2.34. The van der Waals surface area contributed by atoms with Gasteiger partial charge >= 0.3 is 0 Å². The van der Waals surface area contributed by atoms with Crippen molar-refractivity contribution in [1.82, 2.24) is 9.55 Å². The summed E-state index contributed by atoms with van der Waals surface area (Å²) in [6.45, 7) is 6.77. The van der Waals surface area contributed by atoms with Gasteiger partial charge in [-0.2, -0.15) is 0 Å². The molecule has 6 aromatic rings. The molecular weight excluding hydrogens is 424 g/mol. The van der Waals surface area contributed by atoms with Crippen molar-refractivity contribution in [3.8, 4) is 28.2 Å². The van der Waals surface area contributed by atoms with Crippen LogP contribution in [0, 0.1) is 0 Å². The zero-order valence-electron chi connectivity index (χ0n) is 20.4. The molecule has 0 saturated carbocycles. The summed E-state index contributed by atoms with van der Waals surface area (Å²) in [6.07, 6.45) is 0. The molecule has 5 aromatic carbocycles. The van der Waals surface area contributed by atoms with Crippen LogP contribution in [0.5, 0.6) is 0 Å². The number of aromatic nitrogens is 2. The molecular formula is C33H28N2. The van der Waals surface area contributed by atoms with Gasteiger partial charge in [-0.1, -0.05) is 112 Å². The van der Waals surface area contributed by atoms with Crippen molar-refractivity contribution < 1.29 is 0 Å². The topological polar surface area (TPSA) is 17.8 Å². The van der Waals surface area contributed by atoms with Gasteiger partial charge in [-0.15, -0.1) is 0 Å². The van der Waals surface area contributed by atoms with Crippen LogP contribution in [0.4, 0.5) is 0 Å². The maximum absolute atomic E-state index is 5.19. The van der Waals surface area contributed by atoms with E-state index >= 15 is 0 Å². The first-order valence-corrected chi connectivity index (χ1v) is 12.2. The lowest BCUT2D eigenvalue weighted by molar-refractivity contribution is 0.590. The van der Waals surface area contributed by atoms with Crippen LogP contribution in [-0.2, 0) is 5.41 Å². The average molecular weight is 453 g/mol.